The van der Waals surface area contributed by atoms with E-state index in [9.17, 15) is 30.0 Å². The van der Waals surface area contributed by atoms with Gasteiger partial charge in [-0.25, -0.2) is 0 Å². The number of ketones is 2. The third kappa shape index (κ3) is 4.68. The highest BCUT2D eigenvalue weighted by molar-refractivity contribution is 6.01. The molecule has 2 rings (SSSR count). The molecule has 0 amide bonds. The van der Waals surface area contributed by atoms with E-state index in [1.54, 1.807) is 6.92 Å². The van der Waals surface area contributed by atoms with E-state index < -0.39 is 23.7 Å². The Morgan fingerprint density at radius 1 is 1.16 bits per heavy atom. The Hall–Kier alpha value is -2.64. The Balaban J connectivity index is 2.42. The maximum absolute atomic E-state index is 12.5. The highest BCUT2D eigenvalue weighted by atomic mass is 16.5. The lowest BCUT2D eigenvalue weighted by Gasteiger charge is -2.15. The van der Waals surface area contributed by atoms with Crippen molar-refractivity contribution in [3.05, 3.63) is 42.2 Å². The number of allylic oxidation sites excluding steroid dienone is 1. The Morgan fingerprint density at radius 2 is 1.88 bits per heavy atom. The number of phenols is 2. The zero-order valence-corrected chi connectivity index (χ0v) is 13.6. The normalized spacial score (nSPS) is 27.7. The van der Waals surface area contributed by atoms with Crippen LogP contribution in [0.25, 0.3) is 0 Å². The number of fused-ring (bicyclic) bond motifs is 1. The van der Waals surface area contributed by atoms with Gasteiger partial charge in [0.25, 0.3) is 0 Å². The molecule has 1 heterocycles. The van der Waals surface area contributed by atoms with Crippen molar-refractivity contribution < 1.29 is 34.8 Å². The minimum atomic E-state index is -1.65. The molecule has 0 saturated heterocycles. The van der Waals surface area contributed by atoms with Crippen molar-refractivity contribution >= 4 is 11.6 Å². The lowest BCUT2D eigenvalue weighted by Crippen LogP contribution is -2.31. The van der Waals surface area contributed by atoms with Crippen LogP contribution in [0.5, 0.6) is 17.2 Å². The lowest BCUT2D eigenvalue weighted by molar-refractivity contribution is -0.126. The van der Waals surface area contributed by atoms with Gasteiger partial charge in [-0.1, -0.05) is 13.0 Å². The van der Waals surface area contributed by atoms with Gasteiger partial charge in [-0.05, 0) is 24.5 Å². The molecular formula is C18H20O7. The summed E-state index contributed by atoms with van der Waals surface area (Å²) in [6.07, 6.45) is 2.02. The standard InChI is InChI=1S/C18H20O7/c1-10-3-2-4-12(20)18(24)13(21)5-6-25-16-9-11(19)8-15(23)17(16)14(22)7-10/h2,4-6,8-10,13,18-19,21,23-24H,3,7H2,1H3/b4-2-,6-5+/t10-,13-,18+/m0/s1. The van der Waals surface area contributed by atoms with E-state index >= 15 is 0 Å². The number of carbonyl (C=O) groups excluding carboxylic acids is 2. The summed E-state index contributed by atoms with van der Waals surface area (Å²) in [4.78, 5) is 24.2. The van der Waals surface area contributed by atoms with Gasteiger partial charge in [0, 0.05) is 18.6 Å². The molecule has 1 aliphatic heterocycles. The first-order valence-electron chi connectivity index (χ1n) is 7.78. The molecule has 7 heteroatoms. The van der Waals surface area contributed by atoms with E-state index in [0.29, 0.717) is 6.42 Å². The van der Waals surface area contributed by atoms with Gasteiger partial charge in [0.15, 0.2) is 11.6 Å². The minimum Gasteiger partial charge on any atom is -0.508 e. The fourth-order valence-corrected chi connectivity index (χ4v) is 2.44. The van der Waals surface area contributed by atoms with Crippen molar-refractivity contribution in [2.24, 2.45) is 5.92 Å². The summed E-state index contributed by atoms with van der Waals surface area (Å²) >= 11 is 0. The topological polar surface area (TPSA) is 124 Å². The monoisotopic (exact) mass is 348 g/mol. The van der Waals surface area contributed by atoms with E-state index in [1.165, 1.54) is 12.2 Å². The number of hydrogen-bond acceptors (Lipinski definition) is 7. The molecule has 7 nitrogen and oxygen atoms in total. The zero-order chi connectivity index (χ0) is 18.6. The third-order valence-corrected chi connectivity index (χ3v) is 3.79. The lowest BCUT2D eigenvalue weighted by atomic mass is 9.95. The number of aromatic hydroxyl groups is 2. The molecule has 0 aliphatic carbocycles. The van der Waals surface area contributed by atoms with E-state index in [4.69, 9.17) is 4.74 Å². The average Bonchev–Trinajstić information content (AvgIpc) is 2.52. The van der Waals surface area contributed by atoms with Crippen LogP contribution in [0.3, 0.4) is 0 Å². The van der Waals surface area contributed by atoms with Crippen molar-refractivity contribution in [1.29, 1.82) is 0 Å². The number of aliphatic hydroxyl groups excluding tert-OH is 2. The molecular weight excluding hydrogens is 328 g/mol. The van der Waals surface area contributed by atoms with Gasteiger partial charge < -0.3 is 25.2 Å². The summed E-state index contributed by atoms with van der Waals surface area (Å²) in [5, 5.41) is 39.1. The number of phenolic OH excluding ortho intramolecular Hbond substituents is 2. The second-order valence-corrected chi connectivity index (χ2v) is 5.99. The van der Waals surface area contributed by atoms with Gasteiger partial charge in [-0.3, -0.25) is 9.59 Å². The van der Waals surface area contributed by atoms with Crippen molar-refractivity contribution in [1.82, 2.24) is 0 Å². The molecule has 1 aromatic rings. The van der Waals surface area contributed by atoms with Crippen molar-refractivity contribution in [3.8, 4) is 17.2 Å². The Labute approximate surface area is 144 Å². The first-order valence-corrected chi connectivity index (χ1v) is 7.78. The van der Waals surface area contributed by atoms with Crippen LogP contribution in [0, 0.1) is 5.92 Å². The summed E-state index contributed by atoms with van der Waals surface area (Å²) in [7, 11) is 0. The maximum atomic E-state index is 12.5. The predicted octanol–water partition coefficient (Wildman–Crippen LogP) is 1.45. The summed E-state index contributed by atoms with van der Waals surface area (Å²) in [6, 6.07) is 2.19. The average molecular weight is 348 g/mol. The Bertz CT molecular complexity index is 720. The molecule has 1 aliphatic rings. The predicted molar refractivity (Wildman–Crippen MR) is 88.4 cm³/mol. The van der Waals surface area contributed by atoms with Gasteiger partial charge in [0.1, 0.15) is 35.0 Å². The largest absolute Gasteiger partial charge is 0.508 e. The highest BCUT2D eigenvalue weighted by Gasteiger charge is 2.23. The smallest absolute Gasteiger partial charge is 0.186 e. The van der Waals surface area contributed by atoms with Crippen LogP contribution < -0.4 is 4.74 Å². The highest BCUT2D eigenvalue weighted by Crippen LogP contribution is 2.35. The number of rotatable bonds is 0. The minimum absolute atomic E-state index is 0.0820. The fraction of sp³-hybridized carbons (Fsp3) is 0.333. The molecule has 3 atom stereocenters. The molecule has 0 radical (unpaired) electrons. The number of benzene rings is 1. The molecule has 0 unspecified atom stereocenters. The van der Waals surface area contributed by atoms with Crippen LogP contribution in [0.2, 0.25) is 0 Å². The first kappa shape index (κ1) is 18.7. The summed E-state index contributed by atoms with van der Waals surface area (Å²) in [6.45, 7) is 1.79. The van der Waals surface area contributed by atoms with Crippen LogP contribution >= 0.6 is 0 Å². The molecule has 0 saturated carbocycles. The van der Waals surface area contributed by atoms with Crippen LogP contribution in [0.4, 0.5) is 0 Å². The number of aliphatic hydroxyl groups is 2. The van der Waals surface area contributed by atoms with Gasteiger partial charge >= 0.3 is 0 Å². The van der Waals surface area contributed by atoms with Crippen molar-refractivity contribution in [2.45, 2.75) is 32.0 Å². The number of carbonyl (C=O) groups is 2. The van der Waals surface area contributed by atoms with Crippen molar-refractivity contribution in [3.63, 3.8) is 0 Å². The van der Waals surface area contributed by atoms with E-state index in [-0.39, 0.29) is 35.2 Å². The van der Waals surface area contributed by atoms with E-state index in [1.807, 2.05) is 0 Å². The quantitative estimate of drug-likeness (QED) is 0.559. The summed E-state index contributed by atoms with van der Waals surface area (Å²) < 4.78 is 5.23. The van der Waals surface area contributed by atoms with E-state index in [0.717, 1.165) is 24.5 Å². The summed E-state index contributed by atoms with van der Waals surface area (Å²) in [5.41, 5.74) is -0.0820. The van der Waals surface area contributed by atoms with Gasteiger partial charge in [-0.2, -0.15) is 0 Å². The van der Waals surface area contributed by atoms with Gasteiger partial charge in [-0.15, -0.1) is 0 Å². The Kier molecular flexibility index (Phi) is 5.95. The Morgan fingerprint density at radius 3 is 2.60 bits per heavy atom. The van der Waals surface area contributed by atoms with Crippen molar-refractivity contribution in [2.75, 3.05) is 0 Å². The van der Waals surface area contributed by atoms with Crippen LogP contribution in [0.15, 0.2) is 36.6 Å². The fourth-order valence-electron chi connectivity index (χ4n) is 2.44. The molecule has 25 heavy (non-hydrogen) atoms. The molecule has 0 spiro atoms. The third-order valence-electron chi connectivity index (χ3n) is 3.79. The summed E-state index contributed by atoms with van der Waals surface area (Å²) in [5.74, 6) is -2.00. The molecule has 4 N–H and O–H groups in total. The number of Topliss-reactive ketones (excluding diaryl/α,β-unsaturated/α-hetero) is 1. The van der Waals surface area contributed by atoms with E-state index in [2.05, 4.69) is 0 Å². The molecule has 0 aromatic heterocycles. The number of hydrogen-bond donors (Lipinski definition) is 4. The SMILES string of the molecule is C[C@H]1C/C=C\C(=O)[C@@H](O)[C@@H](O)/C=C/Oc2cc(O)cc(O)c2C(=O)C1. The molecule has 1 aromatic carbocycles. The van der Waals surface area contributed by atoms with Crippen LogP contribution in [0.1, 0.15) is 30.1 Å². The van der Waals surface area contributed by atoms with Crippen LogP contribution in [-0.4, -0.2) is 44.2 Å². The van der Waals surface area contributed by atoms with Gasteiger partial charge in [0.05, 0.1) is 6.26 Å². The first-order chi connectivity index (χ1) is 11.8. The van der Waals surface area contributed by atoms with Gasteiger partial charge in [0.2, 0.25) is 0 Å². The number of ether oxygens (including phenoxy) is 1. The maximum Gasteiger partial charge on any atom is 0.186 e. The zero-order valence-electron chi connectivity index (χ0n) is 13.6. The van der Waals surface area contributed by atoms with Crippen LogP contribution in [-0.2, 0) is 4.79 Å². The molecule has 0 fully saturated rings. The second kappa shape index (κ2) is 7.96. The molecule has 134 valence electrons. The second-order valence-electron chi connectivity index (χ2n) is 5.99. The molecule has 0 bridgehead atoms.